The molecule has 0 aromatic carbocycles. The average Bonchev–Trinajstić information content (AvgIpc) is 1.72. The molecule has 0 rings (SSSR count). The van der Waals surface area contributed by atoms with Gasteiger partial charge < -0.3 is 11.7 Å². The molecular formula is C3H7O2Ti. The van der Waals surface area contributed by atoms with Gasteiger partial charge in [-0.15, -0.1) is 0 Å². The molecule has 0 fully saturated rings. The van der Waals surface area contributed by atoms with Crippen LogP contribution < -0.4 is 0 Å². The molecule has 3 heteroatoms. The molecule has 0 unspecified atom stereocenters. The van der Waals surface area contributed by atoms with Crippen molar-refractivity contribution in [1.82, 2.24) is 0 Å². The Kier molecular flexibility index (Phi) is 28.9. The first-order valence-electron chi connectivity index (χ1n) is 1.40. The minimum absolute atomic E-state index is 0.569. The van der Waals surface area contributed by atoms with Gasteiger partial charge in [0, 0.05) is 7.11 Å². The summed E-state index contributed by atoms with van der Waals surface area (Å²) in [4.78, 5) is 0. The Morgan fingerprint density at radius 1 is 1.83 bits per heavy atom. The molecule has 0 bridgehead atoms. The number of hydrogen-bond donors (Lipinski definition) is 0. The zero-order chi connectivity index (χ0) is 5.41. The fourth-order valence-electron chi connectivity index (χ4n) is 0. The molecule has 0 N–H and O–H groups in total. The molecule has 0 aromatic heterocycles. The predicted octanol–water partition coefficient (Wildman–Crippen LogP) is 0.346. The van der Waals surface area contributed by atoms with Crippen molar-refractivity contribution in [2.45, 2.75) is 0 Å². The maximum atomic E-state index is 8.25. The molecule has 35 valence electrons. The Morgan fingerprint density at radius 3 is 2.00 bits per heavy atom. The van der Waals surface area contributed by atoms with Gasteiger partial charge in [0.2, 0.25) is 0 Å². The van der Waals surface area contributed by atoms with Crippen molar-refractivity contribution >= 4 is 0 Å². The molecule has 0 radical (unpaired) electrons. The van der Waals surface area contributed by atoms with Gasteiger partial charge in [-0.1, -0.05) is 6.61 Å². The van der Waals surface area contributed by atoms with Gasteiger partial charge in [-0.25, -0.2) is 0 Å². The number of rotatable bonds is 1. The van der Waals surface area contributed by atoms with Crippen molar-refractivity contribution in [2.75, 3.05) is 13.7 Å². The van der Waals surface area contributed by atoms with Crippen LogP contribution in [0.4, 0.5) is 0 Å². The van der Waals surface area contributed by atoms with E-state index in [9.17, 15) is 0 Å². The monoisotopic (exact) mass is 123 g/mol. The van der Waals surface area contributed by atoms with Crippen LogP contribution in [0.25, 0.3) is 0 Å². The minimum atomic E-state index is 0.569. The summed E-state index contributed by atoms with van der Waals surface area (Å²) >= 11 is 0.750. The first-order chi connectivity index (χ1) is 2.91. The average molecular weight is 123 g/mol. The van der Waals surface area contributed by atoms with Crippen LogP contribution >= 0.6 is 0 Å². The van der Waals surface area contributed by atoms with Crippen LogP contribution in [0.3, 0.4) is 0 Å². The predicted molar refractivity (Wildman–Crippen MR) is 17.9 cm³/mol. The molecule has 0 heterocycles. The van der Waals surface area contributed by atoms with E-state index in [0.717, 1.165) is 20.4 Å². The third-order valence-electron chi connectivity index (χ3n) is 0.204. The van der Waals surface area contributed by atoms with Crippen LogP contribution in [0.15, 0.2) is 0 Å². The quantitative estimate of drug-likeness (QED) is 0.371. The van der Waals surface area contributed by atoms with Gasteiger partial charge in [0.1, 0.15) is 0 Å². The molecule has 6 heavy (non-hydrogen) atoms. The zero-order valence-electron chi connectivity index (χ0n) is 3.73. The summed E-state index contributed by atoms with van der Waals surface area (Å²) in [5.41, 5.74) is 0. The second kappa shape index (κ2) is 17.9. The molecule has 0 amide bonds. The van der Waals surface area contributed by atoms with Gasteiger partial charge in [-0.2, -0.15) is 0 Å². The van der Waals surface area contributed by atoms with E-state index in [2.05, 4.69) is 11.7 Å². The fourth-order valence-corrected chi connectivity index (χ4v) is 0. The van der Waals surface area contributed by atoms with Crippen molar-refractivity contribution in [3.63, 3.8) is 0 Å². The van der Waals surface area contributed by atoms with Crippen molar-refractivity contribution in [2.24, 2.45) is 0 Å². The Bertz CT molecular complexity index is 16.3. The van der Waals surface area contributed by atoms with Gasteiger partial charge in [0.15, 0.2) is 0 Å². The van der Waals surface area contributed by atoms with Crippen molar-refractivity contribution < 1.29 is 28.5 Å². The van der Waals surface area contributed by atoms with Crippen LogP contribution in [-0.4, -0.2) is 13.7 Å². The first kappa shape index (κ1) is 9.69. The van der Waals surface area contributed by atoms with E-state index in [0.29, 0.717) is 6.61 Å². The van der Waals surface area contributed by atoms with Crippen molar-refractivity contribution in [3.8, 4) is 0 Å². The van der Waals surface area contributed by atoms with E-state index in [1.807, 2.05) is 0 Å². The summed E-state index contributed by atoms with van der Waals surface area (Å²) in [7, 11) is 1.62. The standard InChI is InChI=1S/C3H7O.O.Ti/c1-3-4-2;;/h1,3H2,2H3;;/q-1;;+1. The van der Waals surface area contributed by atoms with Gasteiger partial charge in [0.05, 0.1) is 0 Å². The van der Waals surface area contributed by atoms with Crippen LogP contribution in [-0.2, 0) is 28.5 Å². The van der Waals surface area contributed by atoms with Gasteiger partial charge in [-0.05, 0) is 0 Å². The Balaban J connectivity index is 0. The van der Waals surface area contributed by atoms with E-state index in [4.69, 9.17) is 3.32 Å². The van der Waals surface area contributed by atoms with Crippen molar-refractivity contribution in [3.05, 3.63) is 6.92 Å². The number of ether oxygens (including phenoxy) is 1. The molecule has 0 saturated carbocycles. The summed E-state index contributed by atoms with van der Waals surface area (Å²) in [5.74, 6) is 0. The van der Waals surface area contributed by atoms with Crippen LogP contribution in [0.5, 0.6) is 0 Å². The second-order valence-corrected chi connectivity index (χ2v) is 0.493. The fraction of sp³-hybridized carbons (Fsp3) is 0.667. The topological polar surface area (TPSA) is 26.3 Å². The molecule has 2 nitrogen and oxygen atoms in total. The van der Waals surface area contributed by atoms with E-state index < -0.39 is 0 Å². The molecule has 0 atom stereocenters. The Morgan fingerprint density at radius 2 is 2.00 bits per heavy atom. The van der Waals surface area contributed by atoms with Gasteiger partial charge >= 0.3 is 23.7 Å². The Hall–Kier alpha value is 0.474. The van der Waals surface area contributed by atoms with E-state index in [1.165, 1.54) is 0 Å². The number of methoxy groups -OCH3 is 1. The normalized spacial score (nSPS) is 6.00. The van der Waals surface area contributed by atoms with Crippen LogP contribution in [0.2, 0.25) is 0 Å². The van der Waals surface area contributed by atoms with E-state index in [1.54, 1.807) is 7.11 Å². The summed E-state index contributed by atoms with van der Waals surface area (Å²) in [5, 5.41) is 0. The number of hydrogen-bond acceptors (Lipinski definition) is 2. The molecule has 0 spiro atoms. The zero-order valence-corrected chi connectivity index (χ0v) is 5.29. The third-order valence-corrected chi connectivity index (χ3v) is 0.204. The molecule has 0 saturated heterocycles. The summed E-state index contributed by atoms with van der Waals surface area (Å²) in [6.45, 7) is 3.95. The second-order valence-electron chi connectivity index (χ2n) is 0.493. The van der Waals surface area contributed by atoms with Crippen LogP contribution in [0, 0.1) is 6.92 Å². The van der Waals surface area contributed by atoms with E-state index in [-0.39, 0.29) is 0 Å². The summed E-state index contributed by atoms with van der Waals surface area (Å²) in [6, 6.07) is 0. The molecule has 0 aliphatic heterocycles. The SMILES string of the molecule is [CH2-]COC.[O]=[Ti+]. The van der Waals surface area contributed by atoms with E-state index >= 15 is 0 Å². The van der Waals surface area contributed by atoms with Gasteiger partial charge in [0.25, 0.3) is 0 Å². The van der Waals surface area contributed by atoms with Gasteiger partial charge in [-0.3, -0.25) is 0 Å². The molecule has 0 aromatic rings. The third kappa shape index (κ3) is 24.8. The first-order valence-corrected chi connectivity index (χ1v) is 2.04. The van der Waals surface area contributed by atoms with Crippen molar-refractivity contribution in [1.29, 1.82) is 0 Å². The summed E-state index contributed by atoms with van der Waals surface area (Å²) < 4.78 is 12.7. The molecule has 0 aliphatic rings. The van der Waals surface area contributed by atoms with Crippen LogP contribution in [0.1, 0.15) is 0 Å². The summed E-state index contributed by atoms with van der Waals surface area (Å²) in [6.07, 6.45) is 0. The Labute approximate surface area is 49.6 Å². The molecular weight excluding hydrogens is 116 g/mol. The molecule has 0 aliphatic carbocycles. The maximum absolute atomic E-state index is 8.25.